The van der Waals surface area contributed by atoms with Crippen molar-refractivity contribution in [3.63, 3.8) is 0 Å². The molecule has 0 radical (unpaired) electrons. The van der Waals surface area contributed by atoms with E-state index in [1.165, 1.54) is 64.4 Å². The summed E-state index contributed by atoms with van der Waals surface area (Å²) in [6.07, 6.45) is 8.17. The maximum atomic E-state index is 2.42. The number of nitrogens with zero attached hydrogens (tertiary/aromatic N) is 1. The van der Waals surface area contributed by atoms with Crippen molar-refractivity contribution >= 4 is 58.9 Å². The van der Waals surface area contributed by atoms with E-state index in [0.717, 1.165) is 6.42 Å². The van der Waals surface area contributed by atoms with Crippen molar-refractivity contribution in [2.24, 2.45) is 0 Å². The Balaban J connectivity index is 1.20. The van der Waals surface area contributed by atoms with Crippen molar-refractivity contribution in [1.82, 2.24) is 4.57 Å². The number of allylic oxidation sites excluding steroid dienone is 4. The lowest BCUT2D eigenvalue weighted by Crippen LogP contribution is -2.00. The van der Waals surface area contributed by atoms with Crippen LogP contribution in [0, 0.1) is 0 Å². The van der Waals surface area contributed by atoms with Crippen molar-refractivity contribution in [3.8, 4) is 5.69 Å². The van der Waals surface area contributed by atoms with Crippen molar-refractivity contribution < 1.29 is 0 Å². The Morgan fingerprint density at radius 2 is 1.39 bits per heavy atom. The van der Waals surface area contributed by atoms with E-state index in [-0.39, 0.29) is 0 Å². The average Bonchev–Trinajstić information content (AvgIpc) is 3.53. The van der Waals surface area contributed by atoms with E-state index < -0.39 is 0 Å². The molecule has 2 heteroatoms. The molecule has 0 fully saturated rings. The van der Waals surface area contributed by atoms with Crippen LogP contribution in [0.1, 0.15) is 23.5 Å². The van der Waals surface area contributed by atoms with Gasteiger partial charge in [0.05, 0.1) is 11.0 Å². The molecule has 7 aromatic rings. The molecule has 0 spiro atoms. The molecular formula is C36H25NS. The highest BCUT2D eigenvalue weighted by Crippen LogP contribution is 2.41. The molecule has 5 aromatic carbocycles. The van der Waals surface area contributed by atoms with Gasteiger partial charge in [-0.2, -0.15) is 0 Å². The molecule has 0 bridgehead atoms. The molecule has 0 saturated heterocycles. The number of rotatable bonds is 3. The van der Waals surface area contributed by atoms with Crippen LogP contribution in [0.15, 0.2) is 133 Å². The van der Waals surface area contributed by atoms with E-state index >= 15 is 0 Å². The van der Waals surface area contributed by atoms with Crippen molar-refractivity contribution in [2.75, 3.05) is 0 Å². The lowest BCUT2D eigenvalue weighted by molar-refractivity contribution is 0.865. The summed E-state index contributed by atoms with van der Waals surface area (Å²) in [6, 6.07) is 42.0. The molecule has 2 aromatic heterocycles. The highest BCUT2D eigenvalue weighted by molar-refractivity contribution is 7.25. The molecule has 1 unspecified atom stereocenters. The summed E-state index contributed by atoms with van der Waals surface area (Å²) in [6.45, 7) is 0. The molecule has 180 valence electrons. The zero-order valence-corrected chi connectivity index (χ0v) is 21.7. The Labute approximate surface area is 225 Å². The first-order chi connectivity index (χ1) is 18.8. The molecule has 1 aliphatic rings. The standard InChI is InChI=1S/C36H25NS/c1-2-9-27(10-3-1)37-32-14-6-4-12-31(32)36-28(13-8-15-33(36)37)25-19-17-24(18-20-25)26-21-22-30-29-11-5-7-16-34(29)38-35(30)23-26/h1-19,21-23,25H,20H2. The van der Waals surface area contributed by atoms with E-state index in [1.54, 1.807) is 0 Å². The Kier molecular flexibility index (Phi) is 4.89. The van der Waals surface area contributed by atoms with Crippen LogP contribution in [0.2, 0.25) is 0 Å². The SMILES string of the molecule is C1=CC(c2cccc3c2c2ccccc2n3-c2ccccc2)CC=C1c1ccc2c(c1)sc1ccccc12. The van der Waals surface area contributed by atoms with Gasteiger partial charge in [-0.15, -0.1) is 11.3 Å². The molecular weight excluding hydrogens is 478 g/mol. The number of aromatic nitrogens is 1. The Morgan fingerprint density at radius 1 is 0.632 bits per heavy atom. The topological polar surface area (TPSA) is 4.93 Å². The number of thiophene rings is 1. The van der Waals surface area contributed by atoms with E-state index in [4.69, 9.17) is 0 Å². The van der Waals surface area contributed by atoms with Gasteiger partial charge in [-0.3, -0.25) is 0 Å². The van der Waals surface area contributed by atoms with Crippen LogP contribution >= 0.6 is 11.3 Å². The predicted molar refractivity (Wildman–Crippen MR) is 165 cm³/mol. The van der Waals surface area contributed by atoms with Gasteiger partial charge in [0.15, 0.2) is 0 Å². The first kappa shape index (κ1) is 21.7. The first-order valence-corrected chi connectivity index (χ1v) is 14.0. The average molecular weight is 504 g/mol. The van der Waals surface area contributed by atoms with Crippen molar-refractivity contribution in [1.29, 1.82) is 0 Å². The zero-order chi connectivity index (χ0) is 25.1. The third-order valence-corrected chi connectivity index (χ3v) is 9.09. The minimum Gasteiger partial charge on any atom is -0.309 e. The fraction of sp³-hybridized carbons (Fsp3) is 0.0556. The summed E-state index contributed by atoms with van der Waals surface area (Å²) in [4.78, 5) is 0. The van der Waals surface area contributed by atoms with Crippen LogP contribution in [0.3, 0.4) is 0 Å². The predicted octanol–water partition coefficient (Wildman–Crippen LogP) is 10.3. The molecule has 0 saturated carbocycles. The summed E-state index contributed by atoms with van der Waals surface area (Å²) >= 11 is 1.89. The quantitative estimate of drug-likeness (QED) is 0.226. The molecule has 2 heterocycles. The van der Waals surface area contributed by atoms with Crippen LogP contribution < -0.4 is 0 Å². The van der Waals surface area contributed by atoms with Gasteiger partial charge in [-0.1, -0.05) is 97.1 Å². The lowest BCUT2D eigenvalue weighted by atomic mass is 9.86. The number of hydrogen-bond donors (Lipinski definition) is 0. The zero-order valence-electron chi connectivity index (χ0n) is 20.8. The molecule has 0 N–H and O–H groups in total. The van der Waals surface area contributed by atoms with E-state index in [9.17, 15) is 0 Å². The minimum absolute atomic E-state index is 0.352. The monoisotopic (exact) mass is 503 g/mol. The highest BCUT2D eigenvalue weighted by atomic mass is 32.1. The first-order valence-electron chi connectivity index (χ1n) is 13.2. The second-order valence-electron chi connectivity index (χ2n) is 10.1. The maximum absolute atomic E-state index is 2.42. The number of para-hydroxylation sites is 2. The van der Waals surface area contributed by atoms with E-state index in [2.05, 4.69) is 138 Å². The molecule has 1 aliphatic carbocycles. The second kappa shape index (κ2) is 8.58. The summed E-state index contributed by atoms with van der Waals surface area (Å²) in [7, 11) is 0. The third-order valence-electron chi connectivity index (χ3n) is 7.96. The van der Waals surface area contributed by atoms with Crippen molar-refractivity contribution in [2.45, 2.75) is 12.3 Å². The van der Waals surface area contributed by atoms with Gasteiger partial charge in [-0.05, 0) is 59.5 Å². The number of benzene rings is 5. The second-order valence-corrected chi connectivity index (χ2v) is 11.2. The molecule has 38 heavy (non-hydrogen) atoms. The van der Waals surface area contributed by atoms with Crippen LogP contribution in [0.4, 0.5) is 0 Å². The molecule has 0 amide bonds. The van der Waals surface area contributed by atoms with Gasteiger partial charge in [-0.25, -0.2) is 0 Å². The summed E-state index contributed by atoms with van der Waals surface area (Å²) < 4.78 is 5.12. The van der Waals surface area contributed by atoms with Gasteiger partial charge in [0.1, 0.15) is 0 Å². The molecule has 0 aliphatic heterocycles. The summed E-state index contributed by atoms with van der Waals surface area (Å²) in [5, 5.41) is 5.40. The number of fused-ring (bicyclic) bond motifs is 6. The summed E-state index contributed by atoms with van der Waals surface area (Å²) in [5.41, 5.74) is 7.76. The molecule has 1 nitrogen and oxygen atoms in total. The Morgan fingerprint density at radius 3 is 2.26 bits per heavy atom. The largest absolute Gasteiger partial charge is 0.309 e. The highest BCUT2D eigenvalue weighted by Gasteiger charge is 2.20. The normalized spacial score (nSPS) is 15.6. The lowest BCUT2D eigenvalue weighted by Gasteiger charge is -2.18. The van der Waals surface area contributed by atoms with Gasteiger partial charge in [0.25, 0.3) is 0 Å². The molecule has 1 atom stereocenters. The van der Waals surface area contributed by atoms with Gasteiger partial charge < -0.3 is 4.57 Å². The maximum Gasteiger partial charge on any atom is 0.0544 e. The van der Waals surface area contributed by atoms with Gasteiger partial charge in [0, 0.05) is 42.6 Å². The van der Waals surface area contributed by atoms with Crippen molar-refractivity contribution in [3.05, 3.63) is 145 Å². The Bertz CT molecular complexity index is 2050. The number of hydrogen-bond acceptors (Lipinski definition) is 1. The van der Waals surface area contributed by atoms with Crippen LogP contribution in [0.5, 0.6) is 0 Å². The fourth-order valence-electron chi connectivity index (χ4n) is 6.18. The van der Waals surface area contributed by atoms with Crippen LogP contribution in [-0.4, -0.2) is 4.57 Å². The van der Waals surface area contributed by atoms with Crippen LogP contribution in [-0.2, 0) is 0 Å². The fourth-order valence-corrected chi connectivity index (χ4v) is 7.33. The van der Waals surface area contributed by atoms with E-state index in [1.807, 2.05) is 11.3 Å². The van der Waals surface area contributed by atoms with E-state index in [0.29, 0.717) is 5.92 Å². The Hall–Kier alpha value is -4.40. The van der Waals surface area contributed by atoms with Gasteiger partial charge >= 0.3 is 0 Å². The minimum atomic E-state index is 0.352. The third kappa shape index (κ3) is 3.31. The van der Waals surface area contributed by atoms with Gasteiger partial charge in [0.2, 0.25) is 0 Å². The molecule has 8 rings (SSSR count). The van der Waals surface area contributed by atoms with Crippen LogP contribution in [0.25, 0.3) is 53.2 Å². The summed E-state index contributed by atoms with van der Waals surface area (Å²) in [5.74, 6) is 0.352. The smallest absolute Gasteiger partial charge is 0.0544 e.